The Morgan fingerprint density at radius 3 is 2.86 bits per heavy atom. The number of primary amides is 1. The second-order valence-corrected chi connectivity index (χ2v) is 2.78. The van der Waals surface area contributed by atoms with E-state index in [4.69, 9.17) is 11.5 Å². The topological polar surface area (TPSA) is 116 Å². The van der Waals surface area contributed by atoms with Gasteiger partial charge in [0.25, 0.3) is 12.8 Å². The fourth-order valence-electron chi connectivity index (χ4n) is 0.616. The maximum Gasteiger partial charge on any atom is 0.274 e. The number of carbonyl (C=O) groups excluding carboxylic acids is 1. The molecule has 14 heavy (non-hydrogen) atoms. The summed E-state index contributed by atoms with van der Waals surface area (Å²) in [5.41, 5.74) is 9.83. The Morgan fingerprint density at radius 1 is 1.71 bits per heavy atom. The Hall–Kier alpha value is -1.77. The van der Waals surface area contributed by atoms with Crippen LogP contribution in [0.3, 0.4) is 0 Å². The number of hydrogen-bond donors (Lipinski definition) is 2. The number of carbonyl (C=O) groups is 1. The molecule has 0 saturated heterocycles. The molecular formula is C5H6FN5O2S. The summed E-state index contributed by atoms with van der Waals surface area (Å²) in [5.74, 6) is -0.996. The van der Waals surface area contributed by atoms with Gasteiger partial charge in [-0.05, 0) is 0 Å². The van der Waals surface area contributed by atoms with E-state index in [0.717, 1.165) is 11.5 Å². The summed E-state index contributed by atoms with van der Waals surface area (Å²) >= 11 is 0.862. The van der Waals surface area contributed by atoms with Crippen molar-refractivity contribution in [1.82, 2.24) is 9.36 Å². The molecule has 0 aromatic carbocycles. The summed E-state index contributed by atoms with van der Waals surface area (Å²) in [5, 5.41) is 3.27. The highest BCUT2D eigenvalue weighted by Crippen LogP contribution is 2.06. The van der Waals surface area contributed by atoms with E-state index in [-0.39, 0.29) is 16.7 Å². The lowest BCUT2D eigenvalue weighted by molar-refractivity contribution is -0.112. The Kier molecular flexibility index (Phi) is 3.29. The smallest absolute Gasteiger partial charge is 0.274 e. The second kappa shape index (κ2) is 4.46. The second-order valence-electron chi connectivity index (χ2n) is 2.00. The van der Waals surface area contributed by atoms with E-state index < -0.39 is 12.8 Å². The molecule has 0 fully saturated rings. The van der Waals surface area contributed by atoms with Crippen molar-refractivity contribution in [3.8, 4) is 0 Å². The monoisotopic (exact) mass is 219 g/mol. The summed E-state index contributed by atoms with van der Waals surface area (Å²) in [7, 11) is 0. The molecule has 0 radical (unpaired) electrons. The number of nitrogen functional groups attached to an aromatic ring is 1. The van der Waals surface area contributed by atoms with E-state index >= 15 is 0 Å². The molecule has 76 valence electrons. The van der Waals surface area contributed by atoms with Gasteiger partial charge in [0.05, 0.1) is 0 Å². The standard InChI is InChI=1S/C5H6FN5O2S/c6-1-13-10-2(3(7)12)4-9-5(8)14-11-4/h1H2,(H2,7,12)(H2,8,9,11). The molecule has 1 amide bonds. The minimum absolute atomic E-state index is 0.0755. The van der Waals surface area contributed by atoms with Gasteiger partial charge in [0, 0.05) is 11.5 Å². The summed E-state index contributed by atoms with van der Waals surface area (Å²) in [4.78, 5) is 18.4. The lowest BCUT2D eigenvalue weighted by Gasteiger charge is -1.95. The van der Waals surface area contributed by atoms with Crippen LogP contribution in [0.25, 0.3) is 0 Å². The van der Waals surface area contributed by atoms with Crippen LogP contribution in [0.15, 0.2) is 5.16 Å². The van der Waals surface area contributed by atoms with Crippen LogP contribution in [0.5, 0.6) is 0 Å². The highest BCUT2D eigenvalue weighted by Gasteiger charge is 2.16. The van der Waals surface area contributed by atoms with Gasteiger partial charge in [0.1, 0.15) is 0 Å². The van der Waals surface area contributed by atoms with Gasteiger partial charge < -0.3 is 16.3 Å². The van der Waals surface area contributed by atoms with Crippen LogP contribution in [-0.2, 0) is 9.63 Å². The predicted molar refractivity (Wildman–Crippen MR) is 47.1 cm³/mol. The van der Waals surface area contributed by atoms with Gasteiger partial charge in [-0.2, -0.15) is 9.36 Å². The molecule has 0 aliphatic rings. The highest BCUT2D eigenvalue weighted by atomic mass is 32.1. The van der Waals surface area contributed by atoms with E-state index in [1.165, 1.54) is 0 Å². The van der Waals surface area contributed by atoms with Crippen molar-refractivity contribution in [2.75, 3.05) is 12.6 Å². The summed E-state index contributed by atoms with van der Waals surface area (Å²) in [6.07, 6.45) is 0. The zero-order valence-corrected chi connectivity index (χ0v) is 7.62. The fourth-order valence-corrected chi connectivity index (χ4v) is 1.05. The van der Waals surface area contributed by atoms with Gasteiger partial charge in [-0.1, -0.05) is 5.16 Å². The molecular weight excluding hydrogens is 213 g/mol. The maximum atomic E-state index is 11.6. The average Bonchev–Trinajstić information content (AvgIpc) is 2.52. The number of amides is 1. The van der Waals surface area contributed by atoms with Crippen LogP contribution < -0.4 is 11.5 Å². The number of halogens is 1. The molecule has 0 unspecified atom stereocenters. The third-order valence-corrected chi connectivity index (χ3v) is 1.63. The first-order valence-electron chi connectivity index (χ1n) is 3.30. The predicted octanol–water partition coefficient (Wildman–Crippen LogP) is -0.747. The Labute approximate surface area is 81.7 Å². The molecule has 7 nitrogen and oxygen atoms in total. The van der Waals surface area contributed by atoms with Gasteiger partial charge in [-0.25, -0.2) is 4.39 Å². The molecule has 1 heterocycles. The molecule has 0 atom stereocenters. The van der Waals surface area contributed by atoms with Crippen molar-refractivity contribution in [2.24, 2.45) is 10.9 Å². The van der Waals surface area contributed by atoms with E-state index in [2.05, 4.69) is 19.4 Å². The minimum Gasteiger partial charge on any atom is -0.374 e. The molecule has 0 aliphatic heterocycles. The van der Waals surface area contributed by atoms with Crippen molar-refractivity contribution >= 4 is 28.3 Å². The normalized spacial score (nSPS) is 11.4. The third kappa shape index (κ3) is 2.36. The van der Waals surface area contributed by atoms with Crippen LogP contribution in [0.4, 0.5) is 9.52 Å². The van der Waals surface area contributed by atoms with E-state index in [0.29, 0.717) is 0 Å². The molecule has 1 rings (SSSR count). The zero-order chi connectivity index (χ0) is 10.6. The first kappa shape index (κ1) is 10.3. The number of rotatable bonds is 4. The first-order chi connectivity index (χ1) is 6.65. The molecule has 1 aromatic rings. The summed E-state index contributed by atoms with van der Waals surface area (Å²) in [6.45, 7) is -1.17. The minimum atomic E-state index is -1.17. The lowest BCUT2D eigenvalue weighted by atomic mass is 10.3. The van der Waals surface area contributed by atoms with Gasteiger partial charge in [0.15, 0.2) is 5.13 Å². The number of nitrogens with two attached hydrogens (primary N) is 2. The van der Waals surface area contributed by atoms with Gasteiger partial charge in [-0.15, -0.1) is 0 Å². The number of nitrogens with zero attached hydrogens (tertiary/aromatic N) is 3. The van der Waals surface area contributed by atoms with Crippen LogP contribution >= 0.6 is 11.5 Å². The molecule has 4 N–H and O–H groups in total. The third-order valence-electron chi connectivity index (χ3n) is 1.09. The van der Waals surface area contributed by atoms with Crippen molar-refractivity contribution in [3.63, 3.8) is 0 Å². The first-order valence-corrected chi connectivity index (χ1v) is 4.07. The number of alkyl halides is 1. The van der Waals surface area contributed by atoms with Crippen molar-refractivity contribution < 1.29 is 14.0 Å². The van der Waals surface area contributed by atoms with Gasteiger partial charge >= 0.3 is 0 Å². The SMILES string of the molecule is NC(=O)C(=NOCF)c1nsc(N)n1. The van der Waals surface area contributed by atoms with E-state index in [1.807, 2.05) is 0 Å². The Bertz CT molecular complexity index is 365. The van der Waals surface area contributed by atoms with Crippen LogP contribution in [0, 0.1) is 0 Å². The number of hydrogen-bond acceptors (Lipinski definition) is 7. The van der Waals surface area contributed by atoms with Crippen molar-refractivity contribution in [2.45, 2.75) is 0 Å². The highest BCUT2D eigenvalue weighted by molar-refractivity contribution is 7.09. The molecule has 0 saturated carbocycles. The van der Waals surface area contributed by atoms with Crippen LogP contribution in [0.2, 0.25) is 0 Å². The van der Waals surface area contributed by atoms with E-state index in [1.54, 1.807) is 0 Å². The van der Waals surface area contributed by atoms with E-state index in [9.17, 15) is 9.18 Å². The molecule has 1 aromatic heterocycles. The van der Waals surface area contributed by atoms with Crippen molar-refractivity contribution in [3.05, 3.63) is 5.82 Å². The maximum absolute atomic E-state index is 11.6. The number of oxime groups is 1. The van der Waals surface area contributed by atoms with Crippen LogP contribution in [0.1, 0.15) is 5.82 Å². The zero-order valence-electron chi connectivity index (χ0n) is 6.81. The number of aromatic nitrogens is 2. The molecule has 9 heteroatoms. The molecule has 0 bridgehead atoms. The molecule has 0 aliphatic carbocycles. The van der Waals surface area contributed by atoms with Crippen LogP contribution in [-0.4, -0.2) is 27.8 Å². The summed E-state index contributed by atoms with van der Waals surface area (Å²) in [6, 6.07) is 0. The fraction of sp³-hybridized carbons (Fsp3) is 0.200. The Balaban J connectivity index is 2.94. The van der Waals surface area contributed by atoms with Gasteiger partial charge in [0.2, 0.25) is 11.5 Å². The largest absolute Gasteiger partial charge is 0.374 e. The van der Waals surface area contributed by atoms with Crippen molar-refractivity contribution in [1.29, 1.82) is 0 Å². The summed E-state index contributed by atoms with van der Waals surface area (Å²) < 4.78 is 15.3. The number of anilines is 1. The molecule has 0 spiro atoms. The van der Waals surface area contributed by atoms with Gasteiger partial charge in [-0.3, -0.25) is 4.79 Å². The Morgan fingerprint density at radius 2 is 2.43 bits per heavy atom. The quantitative estimate of drug-likeness (QED) is 0.510. The lowest BCUT2D eigenvalue weighted by Crippen LogP contribution is -2.25. The average molecular weight is 219 g/mol.